The van der Waals surface area contributed by atoms with Crippen LogP contribution >= 0.6 is 0 Å². The number of benzene rings is 2. The van der Waals surface area contributed by atoms with Gasteiger partial charge in [0.15, 0.2) is 5.65 Å². The molecule has 0 atom stereocenters. The summed E-state index contributed by atoms with van der Waals surface area (Å²) in [6, 6.07) is 19.8. The Morgan fingerprint density at radius 1 is 1.00 bits per heavy atom. The van der Waals surface area contributed by atoms with Gasteiger partial charge in [0.1, 0.15) is 0 Å². The van der Waals surface area contributed by atoms with E-state index in [9.17, 15) is 4.79 Å². The van der Waals surface area contributed by atoms with Crippen molar-refractivity contribution in [1.82, 2.24) is 20.0 Å². The van der Waals surface area contributed by atoms with Crippen molar-refractivity contribution < 1.29 is 4.79 Å². The second-order valence-electron chi connectivity index (χ2n) is 6.18. The number of pyridine rings is 1. The lowest BCUT2D eigenvalue weighted by Crippen LogP contribution is -2.07. The summed E-state index contributed by atoms with van der Waals surface area (Å²) in [5.74, 6) is -0.0982. The Labute approximate surface area is 156 Å². The van der Waals surface area contributed by atoms with E-state index >= 15 is 0 Å². The van der Waals surface area contributed by atoms with Gasteiger partial charge in [0.2, 0.25) is 5.91 Å². The molecule has 7 nitrogen and oxygen atoms in total. The van der Waals surface area contributed by atoms with Crippen molar-refractivity contribution in [2.75, 3.05) is 10.6 Å². The molecule has 1 amide bonds. The fourth-order valence-corrected chi connectivity index (χ4v) is 2.94. The van der Waals surface area contributed by atoms with Gasteiger partial charge in [-0.05, 0) is 40.3 Å². The first-order chi connectivity index (χ1) is 13.2. The summed E-state index contributed by atoms with van der Waals surface area (Å²) < 4.78 is 1.69. The quantitative estimate of drug-likeness (QED) is 0.571. The lowest BCUT2D eigenvalue weighted by Gasteiger charge is -2.11. The molecule has 134 valence electrons. The molecule has 2 N–H and O–H groups in total. The van der Waals surface area contributed by atoms with Gasteiger partial charge in [0, 0.05) is 42.2 Å². The molecular formula is C20H18N6O. The fourth-order valence-electron chi connectivity index (χ4n) is 2.94. The van der Waals surface area contributed by atoms with E-state index in [1.54, 1.807) is 4.52 Å². The van der Waals surface area contributed by atoms with Crippen molar-refractivity contribution in [2.24, 2.45) is 0 Å². The molecule has 0 saturated heterocycles. The van der Waals surface area contributed by atoms with Crippen molar-refractivity contribution in [2.45, 2.75) is 13.5 Å². The smallest absolute Gasteiger partial charge is 0.221 e. The minimum Gasteiger partial charge on any atom is -0.381 e. The van der Waals surface area contributed by atoms with E-state index in [4.69, 9.17) is 0 Å². The van der Waals surface area contributed by atoms with E-state index in [2.05, 4.69) is 44.4 Å². The molecule has 0 radical (unpaired) electrons. The number of nitrogens with zero attached hydrogens (tertiary/aromatic N) is 4. The molecule has 0 bridgehead atoms. The molecule has 0 spiro atoms. The predicted molar refractivity (Wildman–Crippen MR) is 104 cm³/mol. The largest absolute Gasteiger partial charge is 0.381 e. The monoisotopic (exact) mass is 358 g/mol. The Balaban J connectivity index is 1.62. The zero-order valence-electron chi connectivity index (χ0n) is 14.8. The van der Waals surface area contributed by atoms with E-state index in [0.29, 0.717) is 12.2 Å². The number of hydrogen-bond donors (Lipinski definition) is 2. The van der Waals surface area contributed by atoms with E-state index in [-0.39, 0.29) is 5.91 Å². The summed E-state index contributed by atoms with van der Waals surface area (Å²) in [5, 5.41) is 18.1. The molecule has 0 aliphatic heterocycles. The summed E-state index contributed by atoms with van der Waals surface area (Å²) in [4.78, 5) is 11.2. The number of aromatic nitrogens is 4. The van der Waals surface area contributed by atoms with Gasteiger partial charge in [-0.3, -0.25) is 4.79 Å². The number of hydrogen-bond acceptors (Lipinski definition) is 5. The second kappa shape index (κ2) is 7.25. The van der Waals surface area contributed by atoms with Crippen molar-refractivity contribution in [1.29, 1.82) is 0 Å². The highest BCUT2D eigenvalue weighted by Gasteiger charge is 2.09. The number of nitrogens with one attached hydrogen (secondary N) is 2. The summed E-state index contributed by atoms with van der Waals surface area (Å²) in [6.45, 7) is 2.04. The normalized spacial score (nSPS) is 10.7. The number of carbonyl (C=O) groups is 1. The Bertz CT molecular complexity index is 1090. The maximum Gasteiger partial charge on any atom is 0.221 e. The van der Waals surface area contributed by atoms with Crippen LogP contribution in [0.5, 0.6) is 0 Å². The van der Waals surface area contributed by atoms with Crippen molar-refractivity contribution in [3.05, 3.63) is 72.4 Å². The van der Waals surface area contributed by atoms with Crippen LogP contribution in [-0.2, 0) is 11.3 Å². The van der Waals surface area contributed by atoms with Crippen molar-refractivity contribution >= 4 is 22.9 Å². The van der Waals surface area contributed by atoms with Crippen LogP contribution in [0.2, 0.25) is 0 Å². The molecule has 2 aromatic carbocycles. The molecule has 2 aromatic heterocycles. The van der Waals surface area contributed by atoms with Gasteiger partial charge in [-0.25, -0.2) is 0 Å². The second-order valence-corrected chi connectivity index (χ2v) is 6.18. The molecule has 4 rings (SSSR count). The SMILES string of the molecule is CC(=O)Nc1cccc(NCc2cc(-c3ccccc3)cn3nnnc23)c1. The summed E-state index contributed by atoms with van der Waals surface area (Å²) >= 11 is 0. The number of tetrazole rings is 1. The Hall–Kier alpha value is -3.74. The molecule has 0 aliphatic carbocycles. The van der Waals surface area contributed by atoms with Gasteiger partial charge in [0.05, 0.1) is 0 Å². The number of carbonyl (C=O) groups excluding carboxylic acids is 1. The minimum atomic E-state index is -0.0982. The third kappa shape index (κ3) is 3.77. The zero-order valence-corrected chi connectivity index (χ0v) is 14.8. The number of rotatable bonds is 5. The third-order valence-corrected chi connectivity index (χ3v) is 4.14. The third-order valence-electron chi connectivity index (χ3n) is 4.14. The lowest BCUT2D eigenvalue weighted by molar-refractivity contribution is -0.114. The molecule has 27 heavy (non-hydrogen) atoms. The summed E-state index contributed by atoms with van der Waals surface area (Å²) in [6.07, 6.45) is 1.92. The highest BCUT2D eigenvalue weighted by atomic mass is 16.1. The Kier molecular flexibility index (Phi) is 4.49. The van der Waals surface area contributed by atoms with Crippen LogP contribution in [-0.4, -0.2) is 25.9 Å². The zero-order chi connectivity index (χ0) is 18.6. The topological polar surface area (TPSA) is 84.2 Å². The lowest BCUT2D eigenvalue weighted by atomic mass is 10.1. The molecule has 7 heteroatoms. The van der Waals surface area contributed by atoms with Gasteiger partial charge in [-0.1, -0.05) is 36.4 Å². The average Bonchev–Trinajstić information content (AvgIpc) is 3.15. The standard InChI is InChI=1S/C20H18N6O/c1-14(27)22-19-9-5-8-18(11-19)21-12-16-10-17(15-6-3-2-4-7-15)13-26-20(16)23-24-25-26/h2-11,13,21H,12H2,1H3,(H,22,27). The highest BCUT2D eigenvalue weighted by Crippen LogP contribution is 2.23. The Morgan fingerprint density at radius 2 is 1.81 bits per heavy atom. The van der Waals surface area contributed by atoms with Gasteiger partial charge < -0.3 is 10.6 Å². The maximum absolute atomic E-state index is 11.2. The molecule has 0 saturated carbocycles. The number of anilines is 2. The van der Waals surface area contributed by atoms with Crippen LogP contribution < -0.4 is 10.6 Å². The van der Waals surface area contributed by atoms with E-state index in [1.807, 2.05) is 48.7 Å². The molecule has 0 aliphatic rings. The Morgan fingerprint density at radius 3 is 2.63 bits per heavy atom. The van der Waals surface area contributed by atoms with Crippen molar-refractivity contribution in [3.8, 4) is 11.1 Å². The van der Waals surface area contributed by atoms with E-state index in [0.717, 1.165) is 28.1 Å². The summed E-state index contributed by atoms with van der Waals surface area (Å²) in [7, 11) is 0. The van der Waals surface area contributed by atoms with Crippen molar-refractivity contribution in [3.63, 3.8) is 0 Å². The first kappa shape index (κ1) is 16.7. The highest BCUT2D eigenvalue weighted by molar-refractivity contribution is 5.89. The molecular weight excluding hydrogens is 340 g/mol. The van der Waals surface area contributed by atoms with Gasteiger partial charge in [0.25, 0.3) is 0 Å². The van der Waals surface area contributed by atoms with Gasteiger partial charge in [-0.15, -0.1) is 5.10 Å². The molecule has 2 heterocycles. The summed E-state index contributed by atoms with van der Waals surface area (Å²) in [5.41, 5.74) is 5.48. The van der Waals surface area contributed by atoms with Crippen LogP contribution in [0.4, 0.5) is 11.4 Å². The van der Waals surface area contributed by atoms with Crippen LogP contribution in [0.25, 0.3) is 16.8 Å². The number of amides is 1. The molecule has 4 aromatic rings. The van der Waals surface area contributed by atoms with Crippen LogP contribution in [0, 0.1) is 0 Å². The number of fused-ring (bicyclic) bond motifs is 1. The average molecular weight is 358 g/mol. The van der Waals surface area contributed by atoms with E-state index < -0.39 is 0 Å². The van der Waals surface area contributed by atoms with Crippen LogP contribution in [0.1, 0.15) is 12.5 Å². The maximum atomic E-state index is 11.2. The predicted octanol–water partition coefficient (Wildman–Crippen LogP) is 3.36. The molecule has 0 unspecified atom stereocenters. The van der Waals surface area contributed by atoms with E-state index in [1.165, 1.54) is 6.92 Å². The van der Waals surface area contributed by atoms with Gasteiger partial charge in [-0.2, -0.15) is 4.52 Å². The first-order valence-electron chi connectivity index (χ1n) is 8.56. The first-order valence-corrected chi connectivity index (χ1v) is 8.56. The van der Waals surface area contributed by atoms with Crippen LogP contribution in [0.3, 0.4) is 0 Å². The van der Waals surface area contributed by atoms with Gasteiger partial charge >= 0.3 is 0 Å². The van der Waals surface area contributed by atoms with Crippen LogP contribution in [0.15, 0.2) is 66.9 Å². The minimum absolute atomic E-state index is 0.0982. The fraction of sp³-hybridized carbons (Fsp3) is 0.100. The molecule has 0 fully saturated rings.